The second-order valence-electron chi connectivity index (χ2n) is 8.48. The summed E-state index contributed by atoms with van der Waals surface area (Å²) in [7, 11) is 0. The van der Waals surface area contributed by atoms with Crippen molar-refractivity contribution in [2.75, 3.05) is 0 Å². The van der Waals surface area contributed by atoms with Crippen molar-refractivity contribution in [2.24, 2.45) is 5.92 Å². The van der Waals surface area contributed by atoms with Gasteiger partial charge < -0.3 is 14.6 Å². The van der Waals surface area contributed by atoms with Gasteiger partial charge >= 0.3 is 0 Å². The molecule has 1 aliphatic heterocycles. The van der Waals surface area contributed by atoms with Crippen LogP contribution >= 0.6 is 0 Å². The van der Waals surface area contributed by atoms with Gasteiger partial charge in [0.05, 0.1) is 12.0 Å². The van der Waals surface area contributed by atoms with E-state index >= 15 is 0 Å². The van der Waals surface area contributed by atoms with E-state index in [0.29, 0.717) is 29.1 Å². The Bertz CT molecular complexity index is 1240. The molecule has 0 saturated carbocycles. The van der Waals surface area contributed by atoms with Gasteiger partial charge in [0.25, 0.3) is 0 Å². The van der Waals surface area contributed by atoms with Gasteiger partial charge in [-0.25, -0.2) is 0 Å². The second kappa shape index (κ2) is 7.30. The summed E-state index contributed by atoms with van der Waals surface area (Å²) in [6, 6.07) is 25.0. The van der Waals surface area contributed by atoms with Gasteiger partial charge in [0.1, 0.15) is 24.1 Å². The number of hydrogen-bond acceptors (Lipinski definition) is 4. The molecule has 0 radical (unpaired) electrons. The number of carbonyl (C=O) groups excluding carboxylic acids is 1. The van der Waals surface area contributed by atoms with E-state index in [4.69, 9.17) is 9.47 Å². The Labute approximate surface area is 186 Å². The summed E-state index contributed by atoms with van der Waals surface area (Å²) in [6.07, 6.45) is 4.57. The number of carbonyl (C=O) groups is 1. The van der Waals surface area contributed by atoms with Crippen LogP contribution < -0.4 is 4.74 Å². The Morgan fingerprint density at radius 2 is 1.69 bits per heavy atom. The molecule has 3 aliphatic rings. The molecular weight excluding hydrogens is 400 g/mol. The van der Waals surface area contributed by atoms with Gasteiger partial charge in [-0.15, -0.1) is 0 Å². The molecule has 3 aromatic rings. The smallest absolute Gasteiger partial charge is 0.190 e. The lowest BCUT2D eigenvalue weighted by Crippen LogP contribution is -2.46. The number of Topliss-reactive ketones (excluding diaryl/α,β-unsaturated/α-hetero) is 1. The van der Waals surface area contributed by atoms with Crippen LogP contribution in [0.25, 0.3) is 0 Å². The van der Waals surface area contributed by atoms with Crippen molar-refractivity contribution in [3.8, 4) is 5.75 Å². The fourth-order valence-corrected chi connectivity index (χ4v) is 5.30. The van der Waals surface area contributed by atoms with E-state index in [1.54, 1.807) is 6.07 Å². The first-order valence-corrected chi connectivity index (χ1v) is 10.8. The first-order chi connectivity index (χ1) is 15.7. The zero-order chi connectivity index (χ0) is 21.7. The Morgan fingerprint density at radius 3 is 2.47 bits per heavy atom. The Morgan fingerprint density at radius 1 is 0.938 bits per heavy atom. The zero-order valence-corrected chi connectivity index (χ0v) is 17.3. The summed E-state index contributed by atoms with van der Waals surface area (Å²) in [5.74, 6) is -0.0494. The molecule has 4 heteroatoms. The Kier molecular flexibility index (Phi) is 4.39. The molecule has 2 aliphatic carbocycles. The topological polar surface area (TPSA) is 55.8 Å². The maximum Gasteiger partial charge on any atom is 0.190 e. The first kappa shape index (κ1) is 19.2. The number of ether oxygens (including phenoxy) is 2. The van der Waals surface area contributed by atoms with Crippen LogP contribution in [0, 0.1) is 5.92 Å². The predicted octanol–water partition coefficient (Wildman–Crippen LogP) is 4.90. The van der Waals surface area contributed by atoms with Gasteiger partial charge in [-0.05, 0) is 17.2 Å². The van der Waals surface area contributed by atoms with Crippen molar-refractivity contribution in [1.29, 1.82) is 0 Å². The quantitative estimate of drug-likeness (QED) is 0.650. The summed E-state index contributed by atoms with van der Waals surface area (Å²) >= 11 is 0. The number of ketones is 1. The van der Waals surface area contributed by atoms with Crippen LogP contribution in [-0.4, -0.2) is 17.0 Å². The van der Waals surface area contributed by atoms with E-state index in [9.17, 15) is 9.90 Å². The molecule has 1 N–H and O–H groups in total. The average molecular weight is 422 g/mol. The van der Waals surface area contributed by atoms with Crippen LogP contribution in [-0.2, 0) is 16.9 Å². The van der Waals surface area contributed by atoms with Crippen molar-refractivity contribution >= 4 is 5.78 Å². The molecule has 1 heterocycles. The van der Waals surface area contributed by atoms with Crippen LogP contribution in [0.4, 0.5) is 0 Å². The van der Waals surface area contributed by atoms with Crippen LogP contribution in [0.2, 0.25) is 0 Å². The Balaban J connectivity index is 1.52. The summed E-state index contributed by atoms with van der Waals surface area (Å²) in [5.41, 5.74) is 2.04. The minimum atomic E-state index is -1.43. The maximum absolute atomic E-state index is 13.5. The minimum absolute atomic E-state index is 0.0773. The van der Waals surface area contributed by atoms with Crippen molar-refractivity contribution in [2.45, 2.75) is 24.4 Å². The van der Waals surface area contributed by atoms with Crippen LogP contribution in [0.5, 0.6) is 5.75 Å². The van der Waals surface area contributed by atoms with Gasteiger partial charge in [-0.3, -0.25) is 4.79 Å². The lowest BCUT2D eigenvalue weighted by molar-refractivity contribution is -0.0609. The molecule has 0 aromatic heterocycles. The molecule has 32 heavy (non-hydrogen) atoms. The highest BCUT2D eigenvalue weighted by molar-refractivity contribution is 6.12. The van der Waals surface area contributed by atoms with E-state index in [2.05, 4.69) is 0 Å². The van der Waals surface area contributed by atoms with Crippen molar-refractivity contribution < 1.29 is 19.4 Å². The maximum atomic E-state index is 13.5. The summed E-state index contributed by atoms with van der Waals surface area (Å²) in [5, 5.41) is 12.4. The van der Waals surface area contributed by atoms with E-state index in [-0.39, 0.29) is 11.9 Å². The third-order valence-electron chi connectivity index (χ3n) is 6.68. The van der Waals surface area contributed by atoms with Crippen molar-refractivity contribution in [3.05, 3.63) is 125 Å². The van der Waals surface area contributed by atoms with E-state index < -0.39 is 17.6 Å². The second-order valence-corrected chi connectivity index (χ2v) is 8.48. The molecule has 0 amide bonds. The lowest BCUT2D eigenvalue weighted by Gasteiger charge is -2.41. The van der Waals surface area contributed by atoms with Crippen molar-refractivity contribution in [1.82, 2.24) is 0 Å². The summed E-state index contributed by atoms with van der Waals surface area (Å²) in [6.45, 7) is 0.342. The number of rotatable bonds is 4. The number of allylic oxidation sites excluding steroid dienone is 2. The van der Waals surface area contributed by atoms with Crippen molar-refractivity contribution in [3.63, 3.8) is 0 Å². The Hall–Kier alpha value is -3.47. The van der Waals surface area contributed by atoms with Gasteiger partial charge in [0, 0.05) is 16.7 Å². The molecule has 2 unspecified atom stereocenters. The number of aliphatic hydroxyl groups is 1. The first-order valence-electron chi connectivity index (χ1n) is 10.8. The molecule has 158 valence electrons. The van der Waals surface area contributed by atoms with Gasteiger partial charge in [-0.1, -0.05) is 91.0 Å². The fourth-order valence-electron chi connectivity index (χ4n) is 5.30. The highest BCUT2D eigenvalue weighted by Gasteiger charge is 2.63. The molecule has 4 nitrogen and oxygen atoms in total. The summed E-state index contributed by atoms with van der Waals surface area (Å²) in [4.78, 5) is 13.5. The molecular formula is C28H22O4. The molecule has 1 saturated heterocycles. The largest absolute Gasteiger partial charge is 0.488 e. The fraction of sp³-hybridized carbons (Fsp3) is 0.179. The van der Waals surface area contributed by atoms with E-state index in [1.807, 2.05) is 91.0 Å². The average Bonchev–Trinajstić information content (AvgIpc) is 3.16. The molecule has 0 spiro atoms. The monoisotopic (exact) mass is 422 g/mol. The molecule has 3 aromatic carbocycles. The summed E-state index contributed by atoms with van der Waals surface area (Å²) < 4.78 is 12.6. The number of fused-ring (bicyclic) bond motifs is 2. The minimum Gasteiger partial charge on any atom is -0.488 e. The number of hydrogen-bond donors (Lipinski definition) is 1. The highest BCUT2D eigenvalue weighted by atomic mass is 16.5. The van der Waals surface area contributed by atoms with Gasteiger partial charge in [0.2, 0.25) is 0 Å². The third kappa shape index (κ3) is 2.73. The molecule has 6 rings (SSSR count). The van der Waals surface area contributed by atoms with E-state index in [0.717, 1.165) is 11.1 Å². The standard InChI is InChI=1S/C28H22O4/c29-26-20-13-7-15-22(31-17-18-9-3-1-4-10-18)24(20)28(30)25-21(26)14-8-16-23(25)32-27(28)19-11-5-2-6-12-19/h1-16,23,25,27,30H,17H2/t23?,25?,27-,28-/m0/s1. The molecule has 0 bridgehead atoms. The van der Waals surface area contributed by atoms with Gasteiger partial charge in [0.15, 0.2) is 5.78 Å². The lowest BCUT2D eigenvalue weighted by atomic mass is 9.63. The predicted molar refractivity (Wildman–Crippen MR) is 120 cm³/mol. The van der Waals surface area contributed by atoms with Crippen LogP contribution in [0.3, 0.4) is 0 Å². The SMILES string of the molecule is O=C1C2=CC=CC3O[C@@H](c4ccccc4)[C@](O)(c4c(OCc5ccccc5)cccc41)C23. The zero-order valence-electron chi connectivity index (χ0n) is 17.3. The molecule has 4 atom stereocenters. The van der Waals surface area contributed by atoms with Crippen LogP contribution in [0.1, 0.15) is 33.2 Å². The molecule has 1 fully saturated rings. The number of benzene rings is 3. The van der Waals surface area contributed by atoms with Crippen LogP contribution in [0.15, 0.2) is 103 Å². The third-order valence-corrected chi connectivity index (χ3v) is 6.68. The van der Waals surface area contributed by atoms with Gasteiger partial charge in [-0.2, -0.15) is 0 Å². The normalized spacial score (nSPS) is 27.5. The van der Waals surface area contributed by atoms with E-state index in [1.165, 1.54) is 0 Å². The highest BCUT2D eigenvalue weighted by Crippen LogP contribution is 2.60.